The van der Waals surface area contributed by atoms with Gasteiger partial charge in [-0.25, -0.2) is 4.79 Å². The third-order valence-electron chi connectivity index (χ3n) is 3.07. The summed E-state index contributed by atoms with van der Waals surface area (Å²) >= 11 is 0. The van der Waals surface area contributed by atoms with Crippen LogP contribution in [0, 0.1) is 11.8 Å². The Labute approximate surface area is 116 Å². The zero-order chi connectivity index (χ0) is 13.9. The predicted molar refractivity (Wildman–Crippen MR) is 77.5 cm³/mol. The molecule has 0 aromatic heterocycles. The van der Waals surface area contributed by atoms with Crippen molar-refractivity contribution < 1.29 is 9.53 Å². The zero-order valence-electron chi connectivity index (χ0n) is 11.9. The summed E-state index contributed by atoms with van der Waals surface area (Å²) in [5.74, 6) is 4.97. The number of allylic oxidation sites excluding steroid dienone is 2. The number of hydrogen-bond acceptors (Lipinski definition) is 2. The van der Waals surface area contributed by atoms with Crippen LogP contribution in [0.15, 0.2) is 29.0 Å². The fourth-order valence-electron chi connectivity index (χ4n) is 1.88. The molecule has 0 bridgehead atoms. The van der Waals surface area contributed by atoms with Gasteiger partial charge in [-0.3, -0.25) is 0 Å². The number of carbonyl (C=O) groups is 1. The average molecular weight is 258 g/mol. The van der Waals surface area contributed by atoms with Crippen LogP contribution in [0.4, 0.5) is 0 Å². The zero-order valence-corrected chi connectivity index (χ0v) is 11.9. The number of esters is 1. The first-order valence-electron chi connectivity index (χ1n) is 7.07. The van der Waals surface area contributed by atoms with Crippen LogP contribution < -0.4 is 0 Å². The molecule has 0 saturated heterocycles. The average Bonchev–Trinajstić information content (AvgIpc) is 2.46. The van der Waals surface area contributed by atoms with E-state index in [4.69, 9.17) is 4.74 Å². The van der Waals surface area contributed by atoms with Crippen molar-refractivity contribution in [2.24, 2.45) is 0 Å². The minimum atomic E-state index is -0.459. The summed E-state index contributed by atoms with van der Waals surface area (Å²) in [6, 6.07) is 0. The third-order valence-corrected chi connectivity index (χ3v) is 3.07. The van der Waals surface area contributed by atoms with Gasteiger partial charge in [0, 0.05) is 5.92 Å². The van der Waals surface area contributed by atoms with Crippen LogP contribution in [-0.4, -0.2) is 12.6 Å². The molecule has 102 valence electrons. The Hall–Kier alpha value is -1.71. The number of carbonyl (C=O) groups excluding carboxylic acids is 1. The van der Waals surface area contributed by atoms with Crippen LogP contribution in [0.2, 0.25) is 0 Å². The summed E-state index contributed by atoms with van der Waals surface area (Å²) in [5, 5.41) is 0. The van der Waals surface area contributed by atoms with Gasteiger partial charge < -0.3 is 4.74 Å². The van der Waals surface area contributed by atoms with E-state index in [0.29, 0.717) is 0 Å². The van der Waals surface area contributed by atoms with E-state index >= 15 is 0 Å². The Morgan fingerprint density at radius 2 is 2.16 bits per heavy atom. The molecule has 0 fully saturated rings. The molecule has 0 radical (unpaired) electrons. The van der Waals surface area contributed by atoms with E-state index in [-0.39, 0.29) is 6.61 Å². The first-order valence-corrected chi connectivity index (χ1v) is 7.07. The molecular formula is C17H22O2. The van der Waals surface area contributed by atoms with Gasteiger partial charge in [0.1, 0.15) is 6.61 Å². The summed E-state index contributed by atoms with van der Waals surface area (Å²) in [6.07, 6.45) is 10.3. The molecule has 2 heteroatoms. The molecule has 19 heavy (non-hydrogen) atoms. The summed E-state index contributed by atoms with van der Waals surface area (Å²) in [7, 11) is 0. The number of ether oxygens (including phenoxy) is 1. The second kappa shape index (κ2) is 9.25. The molecule has 1 rings (SSSR count). The van der Waals surface area contributed by atoms with Crippen molar-refractivity contribution >= 4 is 5.97 Å². The molecule has 1 aliphatic rings. The van der Waals surface area contributed by atoms with Gasteiger partial charge >= 0.3 is 5.97 Å². The first-order chi connectivity index (χ1) is 9.26. The van der Waals surface area contributed by atoms with Crippen molar-refractivity contribution in [2.45, 2.75) is 52.4 Å². The summed E-state index contributed by atoms with van der Waals surface area (Å²) in [5.41, 5.74) is 5.43. The lowest BCUT2D eigenvalue weighted by Crippen LogP contribution is -2.01. The van der Waals surface area contributed by atoms with Crippen LogP contribution >= 0.6 is 0 Å². The molecule has 0 aromatic carbocycles. The fraction of sp³-hybridized carbons (Fsp3) is 0.529. The Balaban J connectivity index is 2.38. The van der Waals surface area contributed by atoms with Gasteiger partial charge in [0.15, 0.2) is 0 Å². The SMILES string of the molecule is CCC(=C=CCOC(=O)C#CC1=CCCCC1)CC. The van der Waals surface area contributed by atoms with Crippen molar-refractivity contribution in [3.63, 3.8) is 0 Å². The Morgan fingerprint density at radius 1 is 1.37 bits per heavy atom. The van der Waals surface area contributed by atoms with Gasteiger partial charge in [0.25, 0.3) is 0 Å². The van der Waals surface area contributed by atoms with Gasteiger partial charge in [-0.1, -0.05) is 25.8 Å². The van der Waals surface area contributed by atoms with Crippen molar-refractivity contribution in [3.8, 4) is 11.8 Å². The van der Waals surface area contributed by atoms with Crippen molar-refractivity contribution in [1.82, 2.24) is 0 Å². The van der Waals surface area contributed by atoms with Crippen molar-refractivity contribution in [1.29, 1.82) is 0 Å². The Kier molecular flexibility index (Phi) is 7.47. The maximum Gasteiger partial charge on any atom is 0.385 e. The maximum absolute atomic E-state index is 11.4. The van der Waals surface area contributed by atoms with E-state index in [1.54, 1.807) is 6.08 Å². The molecule has 2 nitrogen and oxygen atoms in total. The quantitative estimate of drug-likeness (QED) is 0.330. The van der Waals surface area contributed by atoms with Crippen LogP contribution in [0.1, 0.15) is 52.4 Å². The summed E-state index contributed by atoms with van der Waals surface area (Å²) < 4.78 is 5.00. The van der Waals surface area contributed by atoms with E-state index in [0.717, 1.165) is 31.3 Å². The molecule has 0 heterocycles. The Bertz CT molecular complexity index is 445. The smallest absolute Gasteiger partial charge is 0.385 e. The van der Waals surface area contributed by atoms with Crippen LogP contribution in [0.25, 0.3) is 0 Å². The van der Waals surface area contributed by atoms with Gasteiger partial charge in [-0.2, -0.15) is 0 Å². The Morgan fingerprint density at radius 3 is 2.79 bits per heavy atom. The molecule has 0 N–H and O–H groups in total. The minimum Gasteiger partial charge on any atom is -0.451 e. The van der Waals surface area contributed by atoms with Gasteiger partial charge in [-0.15, -0.1) is 5.73 Å². The fourth-order valence-corrected chi connectivity index (χ4v) is 1.88. The van der Waals surface area contributed by atoms with Gasteiger partial charge in [-0.05, 0) is 55.7 Å². The molecular weight excluding hydrogens is 236 g/mol. The van der Waals surface area contributed by atoms with E-state index < -0.39 is 5.97 Å². The second-order valence-electron chi connectivity index (χ2n) is 4.48. The van der Waals surface area contributed by atoms with Crippen LogP contribution in [0.3, 0.4) is 0 Å². The second-order valence-corrected chi connectivity index (χ2v) is 4.48. The van der Waals surface area contributed by atoms with Crippen molar-refractivity contribution in [3.05, 3.63) is 29.0 Å². The summed E-state index contributed by atoms with van der Waals surface area (Å²) in [6.45, 7) is 4.43. The monoisotopic (exact) mass is 258 g/mol. The van der Waals surface area contributed by atoms with E-state index in [9.17, 15) is 4.79 Å². The van der Waals surface area contributed by atoms with E-state index in [2.05, 4.69) is 37.5 Å². The molecule has 0 saturated carbocycles. The molecule has 0 aliphatic heterocycles. The highest BCUT2D eigenvalue weighted by atomic mass is 16.5. The topological polar surface area (TPSA) is 26.3 Å². The maximum atomic E-state index is 11.4. The number of rotatable bonds is 4. The lowest BCUT2D eigenvalue weighted by Gasteiger charge is -2.05. The molecule has 0 atom stereocenters. The lowest BCUT2D eigenvalue weighted by atomic mass is 10.0. The normalized spacial score (nSPS) is 13.5. The predicted octanol–water partition coefficient (Wildman–Crippen LogP) is 3.93. The highest BCUT2D eigenvalue weighted by Gasteiger charge is 2.00. The molecule has 0 unspecified atom stereocenters. The minimum absolute atomic E-state index is 0.246. The van der Waals surface area contributed by atoms with Crippen molar-refractivity contribution in [2.75, 3.05) is 6.61 Å². The lowest BCUT2D eigenvalue weighted by molar-refractivity contribution is -0.135. The highest BCUT2D eigenvalue weighted by Crippen LogP contribution is 2.15. The highest BCUT2D eigenvalue weighted by molar-refractivity contribution is 5.89. The standard InChI is InChI=1S/C17H22O2/c1-3-15(4-2)11-8-14-19-17(18)13-12-16-9-6-5-7-10-16/h8-9H,3-7,10,14H2,1-2H3. The molecule has 0 aromatic rings. The molecule has 0 amide bonds. The number of hydrogen-bond donors (Lipinski definition) is 0. The van der Waals surface area contributed by atoms with E-state index in [1.807, 2.05) is 0 Å². The van der Waals surface area contributed by atoms with Crippen LogP contribution in [0.5, 0.6) is 0 Å². The van der Waals surface area contributed by atoms with Crippen LogP contribution in [-0.2, 0) is 9.53 Å². The molecule has 1 aliphatic carbocycles. The largest absolute Gasteiger partial charge is 0.451 e. The van der Waals surface area contributed by atoms with Gasteiger partial charge in [0.2, 0.25) is 0 Å². The van der Waals surface area contributed by atoms with E-state index in [1.165, 1.54) is 18.4 Å². The molecule has 0 spiro atoms. The first kappa shape index (κ1) is 15.3. The summed E-state index contributed by atoms with van der Waals surface area (Å²) in [4.78, 5) is 11.4. The van der Waals surface area contributed by atoms with Gasteiger partial charge in [0.05, 0.1) is 0 Å². The third kappa shape index (κ3) is 6.70.